The molecule has 11 nitrogen and oxygen atoms in total. The Balaban J connectivity index is 1.64. The van der Waals surface area contributed by atoms with Crippen molar-refractivity contribution in [2.75, 3.05) is 26.1 Å². The van der Waals surface area contributed by atoms with Crippen molar-refractivity contribution in [2.24, 2.45) is 7.05 Å². The highest BCUT2D eigenvalue weighted by atomic mass is 16.5. The van der Waals surface area contributed by atoms with Crippen LogP contribution in [-0.4, -0.2) is 66.7 Å². The highest BCUT2D eigenvalue weighted by Crippen LogP contribution is 2.19. The van der Waals surface area contributed by atoms with Gasteiger partial charge in [0.2, 0.25) is 5.82 Å². The normalized spacial score (nSPS) is 10.8. The first-order valence-corrected chi connectivity index (χ1v) is 8.29. The predicted octanol–water partition coefficient (Wildman–Crippen LogP) is 0.779. The smallest absolute Gasteiger partial charge is 0.321 e. The fraction of sp³-hybridized carbons (Fsp3) is 0.375. The van der Waals surface area contributed by atoms with E-state index in [9.17, 15) is 4.79 Å². The summed E-state index contributed by atoms with van der Waals surface area (Å²) in [5.41, 5.74) is 1.40. The van der Waals surface area contributed by atoms with Gasteiger partial charge in [0, 0.05) is 32.0 Å². The van der Waals surface area contributed by atoms with Crippen LogP contribution < -0.4 is 5.32 Å². The molecule has 0 aliphatic carbocycles. The molecule has 3 rings (SSSR count). The van der Waals surface area contributed by atoms with E-state index in [0.29, 0.717) is 37.0 Å². The van der Waals surface area contributed by atoms with Crippen LogP contribution in [0.5, 0.6) is 0 Å². The second-order valence-electron chi connectivity index (χ2n) is 5.90. The van der Waals surface area contributed by atoms with Crippen LogP contribution >= 0.6 is 0 Å². The number of anilines is 1. The molecule has 0 bridgehead atoms. The maximum atomic E-state index is 12.5. The zero-order chi connectivity index (χ0) is 19.2. The Hall–Kier alpha value is -3.34. The molecule has 0 atom stereocenters. The van der Waals surface area contributed by atoms with Crippen molar-refractivity contribution in [2.45, 2.75) is 13.1 Å². The maximum absolute atomic E-state index is 12.5. The fourth-order valence-electron chi connectivity index (χ4n) is 2.42. The minimum atomic E-state index is -0.263. The topological polar surface area (TPSA) is 116 Å². The van der Waals surface area contributed by atoms with Crippen molar-refractivity contribution in [3.05, 3.63) is 36.4 Å². The first-order valence-electron chi connectivity index (χ1n) is 8.29. The number of ether oxygens (including phenoxy) is 1. The van der Waals surface area contributed by atoms with Gasteiger partial charge in [0.1, 0.15) is 6.33 Å². The van der Waals surface area contributed by atoms with Gasteiger partial charge in [0.25, 0.3) is 0 Å². The minimum Gasteiger partial charge on any atom is -0.383 e. The molecule has 142 valence electrons. The SMILES string of the molecule is COCCn1cnnc1CN(C)C(=O)Nc1cccc(-c2nnn(C)n2)c1. The van der Waals surface area contributed by atoms with Gasteiger partial charge >= 0.3 is 6.03 Å². The van der Waals surface area contributed by atoms with E-state index >= 15 is 0 Å². The van der Waals surface area contributed by atoms with Crippen LogP contribution in [0.1, 0.15) is 5.82 Å². The number of aryl methyl sites for hydroxylation is 1. The molecule has 3 aromatic rings. The number of nitrogens with one attached hydrogen (secondary N) is 1. The van der Waals surface area contributed by atoms with Crippen LogP contribution in [0.4, 0.5) is 10.5 Å². The molecule has 0 saturated heterocycles. The number of hydrogen-bond donors (Lipinski definition) is 1. The summed E-state index contributed by atoms with van der Waals surface area (Å²) in [7, 11) is 5.02. The molecule has 0 aliphatic rings. The quantitative estimate of drug-likeness (QED) is 0.652. The molecule has 0 fully saturated rings. The molecule has 0 spiro atoms. The van der Waals surface area contributed by atoms with Gasteiger partial charge in [-0.2, -0.15) is 4.80 Å². The monoisotopic (exact) mass is 371 g/mol. The molecular weight excluding hydrogens is 350 g/mol. The third-order valence-electron chi connectivity index (χ3n) is 3.84. The predicted molar refractivity (Wildman–Crippen MR) is 96.6 cm³/mol. The second kappa shape index (κ2) is 8.36. The number of urea groups is 1. The van der Waals surface area contributed by atoms with E-state index in [4.69, 9.17) is 4.74 Å². The Labute approximate surface area is 155 Å². The highest BCUT2D eigenvalue weighted by Gasteiger charge is 2.14. The second-order valence-corrected chi connectivity index (χ2v) is 5.90. The number of hydrogen-bond acceptors (Lipinski definition) is 7. The van der Waals surface area contributed by atoms with Crippen molar-refractivity contribution < 1.29 is 9.53 Å². The van der Waals surface area contributed by atoms with Crippen LogP contribution in [0.3, 0.4) is 0 Å². The van der Waals surface area contributed by atoms with E-state index in [2.05, 4.69) is 30.9 Å². The molecular formula is C16H21N9O2. The van der Waals surface area contributed by atoms with Gasteiger partial charge in [-0.05, 0) is 17.3 Å². The summed E-state index contributed by atoms with van der Waals surface area (Å²) in [5, 5.41) is 22.8. The summed E-state index contributed by atoms with van der Waals surface area (Å²) >= 11 is 0. The first-order chi connectivity index (χ1) is 13.1. The van der Waals surface area contributed by atoms with Gasteiger partial charge in [0.05, 0.1) is 20.2 Å². The molecule has 0 aliphatic heterocycles. The van der Waals surface area contributed by atoms with E-state index < -0.39 is 0 Å². The number of nitrogens with zero attached hydrogens (tertiary/aromatic N) is 8. The molecule has 2 aromatic heterocycles. The van der Waals surface area contributed by atoms with Crippen molar-refractivity contribution in [1.82, 2.24) is 39.9 Å². The van der Waals surface area contributed by atoms with Crippen LogP contribution in [0.15, 0.2) is 30.6 Å². The summed E-state index contributed by atoms with van der Waals surface area (Å²) in [6, 6.07) is 7.01. The summed E-state index contributed by atoms with van der Waals surface area (Å²) in [5.74, 6) is 1.18. The largest absolute Gasteiger partial charge is 0.383 e. The van der Waals surface area contributed by atoms with Crippen LogP contribution in [0.25, 0.3) is 11.4 Å². The average molecular weight is 371 g/mol. The van der Waals surface area contributed by atoms with E-state index in [-0.39, 0.29) is 6.03 Å². The lowest BCUT2D eigenvalue weighted by Gasteiger charge is -2.18. The van der Waals surface area contributed by atoms with Crippen molar-refractivity contribution in [1.29, 1.82) is 0 Å². The van der Waals surface area contributed by atoms with Crippen molar-refractivity contribution in [3.63, 3.8) is 0 Å². The number of aromatic nitrogens is 7. The number of amides is 2. The number of carbonyl (C=O) groups is 1. The summed E-state index contributed by atoms with van der Waals surface area (Å²) in [4.78, 5) is 15.4. The summed E-state index contributed by atoms with van der Waals surface area (Å²) in [6.07, 6.45) is 1.62. The zero-order valence-electron chi connectivity index (χ0n) is 15.4. The number of carbonyl (C=O) groups excluding carboxylic acids is 1. The van der Waals surface area contributed by atoms with E-state index in [0.717, 1.165) is 5.56 Å². The van der Waals surface area contributed by atoms with Crippen LogP contribution in [-0.2, 0) is 24.9 Å². The van der Waals surface area contributed by atoms with E-state index in [1.807, 2.05) is 16.7 Å². The lowest BCUT2D eigenvalue weighted by Crippen LogP contribution is -2.32. The van der Waals surface area contributed by atoms with Crippen molar-refractivity contribution in [3.8, 4) is 11.4 Å². The van der Waals surface area contributed by atoms with Gasteiger partial charge in [-0.15, -0.1) is 20.4 Å². The molecule has 2 amide bonds. The lowest BCUT2D eigenvalue weighted by molar-refractivity contribution is 0.184. The fourth-order valence-corrected chi connectivity index (χ4v) is 2.42. The van der Waals surface area contributed by atoms with Gasteiger partial charge in [0.15, 0.2) is 5.82 Å². The number of rotatable bonds is 7. The van der Waals surface area contributed by atoms with E-state index in [1.54, 1.807) is 39.7 Å². The standard InChI is InChI=1S/C16H21N9O2/c1-23(10-14-19-17-11-25(14)7-8-27-3)16(26)18-13-6-4-5-12(9-13)15-20-22-24(2)21-15/h4-6,9,11H,7-8,10H2,1-3H3,(H,18,26). The Kier molecular flexibility index (Phi) is 5.71. The van der Waals surface area contributed by atoms with Crippen molar-refractivity contribution >= 4 is 11.7 Å². The Morgan fingerprint density at radius 2 is 2.19 bits per heavy atom. The summed E-state index contributed by atoms with van der Waals surface area (Å²) < 4.78 is 6.92. The third kappa shape index (κ3) is 4.64. The van der Waals surface area contributed by atoms with Gasteiger partial charge in [-0.3, -0.25) is 0 Å². The van der Waals surface area contributed by atoms with Crippen LogP contribution in [0.2, 0.25) is 0 Å². The molecule has 11 heteroatoms. The molecule has 0 saturated carbocycles. The maximum Gasteiger partial charge on any atom is 0.321 e. The number of tetrazole rings is 1. The molecule has 27 heavy (non-hydrogen) atoms. The minimum absolute atomic E-state index is 0.263. The van der Waals surface area contributed by atoms with Gasteiger partial charge in [-0.1, -0.05) is 12.1 Å². The van der Waals surface area contributed by atoms with E-state index in [1.165, 1.54) is 9.70 Å². The Morgan fingerprint density at radius 1 is 1.33 bits per heavy atom. The number of benzene rings is 1. The highest BCUT2D eigenvalue weighted by molar-refractivity contribution is 5.89. The molecule has 2 heterocycles. The Bertz CT molecular complexity index is 905. The molecule has 0 unspecified atom stereocenters. The van der Waals surface area contributed by atoms with Gasteiger partial charge < -0.3 is 19.5 Å². The average Bonchev–Trinajstić information content (AvgIpc) is 3.29. The number of methoxy groups -OCH3 is 1. The lowest BCUT2D eigenvalue weighted by atomic mass is 10.2. The third-order valence-corrected chi connectivity index (χ3v) is 3.84. The first kappa shape index (κ1) is 18.5. The molecule has 1 aromatic carbocycles. The molecule has 1 N–H and O–H groups in total. The van der Waals surface area contributed by atoms with Crippen LogP contribution in [0, 0.1) is 0 Å². The molecule has 0 radical (unpaired) electrons. The van der Waals surface area contributed by atoms with Gasteiger partial charge in [-0.25, -0.2) is 4.79 Å². The Morgan fingerprint density at radius 3 is 2.93 bits per heavy atom. The summed E-state index contributed by atoms with van der Waals surface area (Å²) in [6.45, 7) is 1.49. The zero-order valence-corrected chi connectivity index (χ0v) is 15.4.